The number of hydrogen-bond donors (Lipinski definition) is 3. The molecule has 0 aromatic heterocycles. The van der Waals surface area contributed by atoms with Gasteiger partial charge in [0.15, 0.2) is 0 Å². The summed E-state index contributed by atoms with van der Waals surface area (Å²) in [4.78, 5) is 36.2. The number of hydrogen-bond acceptors (Lipinski definition) is 3. The molecule has 0 aliphatic carbocycles. The molecule has 1 saturated heterocycles. The fraction of sp³-hybridized carbons (Fsp3) is 0.786. The summed E-state index contributed by atoms with van der Waals surface area (Å²) in [7, 11) is 0. The predicted molar refractivity (Wildman–Crippen MR) is 77.8 cm³/mol. The first-order valence-electron chi connectivity index (χ1n) is 7.49. The highest BCUT2D eigenvalue weighted by atomic mass is 16.4. The standard InChI is InChI=1S/C14H25N3O4/c1-3-6-15-13(20)10(2)16-14(21)17-7-4-5-11(9-17)8-12(18)19/h10-11H,3-9H2,1-2H3,(H,15,20)(H,16,21)(H,18,19). The summed E-state index contributed by atoms with van der Waals surface area (Å²) < 4.78 is 0. The van der Waals surface area contributed by atoms with Crippen LogP contribution in [0.2, 0.25) is 0 Å². The van der Waals surface area contributed by atoms with Crippen LogP contribution in [0.5, 0.6) is 0 Å². The van der Waals surface area contributed by atoms with Crippen molar-refractivity contribution in [2.75, 3.05) is 19.6 Å². The zero-order valence-corrected chi connectivity index (χ0v) is 12.7. The fourth-order valence-electron chi connectivity index (χ4n) is 2.41. The average Bonchev–Trinajstić information content (AvgIpc) is 2.44. The monoisotopic (exact) mass is 299 g/mol. The average molecular weight is 299 g/mol. The van der Waals surface area contributed by atoms with E-state index in [0.29, 0.717) is 19.6 Å². The van der Waals surface area contributed by atoms with Crippen LogP contribution in [0.4, 0.5) is 4.79 Å². The van der Waals surface area contributed by atoms with E-state index in [9.17, 15) is 14.4 Å². The lowest BCUT2D eigenvalue weighted by molar-refractivity contribution is -0.138. The number of likely N-dealkylation sites (tertiary alicyclic amines) is 1. The molecule has 7 heteroatoms. The lowest BCUT2D eigenvalue weighted by atomic mass is 9.95. The maximum absolute atomic E-state index is 12.1. The van der Waals surface area contributed by atoms with Crippen molar-refractivity contribution >= 4 is 17.9 Å². The minimum Gasteiger partial charge on any atom is -0.481 e. The van der Waals surface area contributed by atoms with Gasteiger partial charge in [-0.25, -0.2) is 4.79 Å². The van der Waals surface area contributed by atoms with Crippen LogP contribution in [0.25, 0.3) is 0 Å². The highest BCUT2D eigenvalue weighted by Gasteiger charge is 2.26. The van der Waals surface area contributed by atoms with Crippen LogP contribution < -0.4 is 10.6 Å². The molecular weight excluding hydrogens is 274 g/mol. The van der Waals surface area contributed by atoms with Gasteiger partial charge in [0, 0.05) is 26.1 Å². The van der Waals surface area contributed by atoms with Crippen molar-refractivity contribution in [2.24, 2.45) is 5.92 Å². The second-order valence-electron chi connectivity index (χ2n) is 5.51. The Morgan fingerprint density at radius 3 is 2.71 bits per heavy atom. The number of carbonyl (C=O) groups is 3. The molecule has 2 atom stereocenters. The van der Waals surface area contributed by atoms with Crippen LogP contribution in [0, 0.1) is 5.92 Å². The van der Waals surface area contributed by atoms with Crippen LogP contribution >= 0.6 is 0 Å². The summed E-state index contributed by atoms with van der Waals surface area (Å²) in [5, 5.41) is 14.2. The van der Waals surface area contributed by atoms with E-state index in [1.165, 1.54) is 0 Å². The van der Waals surface area contributed by atoms with Crippen LogP contribution in [0.15, 0.2) is 0 Å². The number of amides is 3. The minimum atomic E-state index is -0.838. The Morgan fingerprint density at radius 1 is 1.38 bits per heavy atom. The van der Waals surface area contributed by atoms with E-state index < -0.39 is 12.0 Å². The van der Waals surface area contributed by atoms with Gasteiger partial charge in [0.25, 0.3) is 0 Å². The van der Waals surface area contributed by atoms with Gasteiger partial charge >= 0.3 is 12.0 Å². The van der Waals surface area contributed by atoms with Gasteiger partial charge in [0.1, 0.15) is 6.04 Å². The van der Waals surface area contributed by atoms with Crippen LogP contribution in [0.1, 0.15) is 39.5 Å². The lowest BCUT2D eigenvalue weighted by Crippen LogP contribution is -2.52. The quantitative estimate of drug-likeness (QED) is 0.675. The molecule has 0 aromatic rings. The molecule has 0 aromatic carbocycles. The molecule has 120 valence electrons. The number of carboxylic acids is 1. The third-order valence-electron chi connectivity index (χ3n) is 3.55. The summed E-state index contributed by atoms with van der Waals surface area (Å²) >= 11 is 0. The van der Waals surface area contributed by atoms with Gasteiger partial charge in [-0.1, -0.05) is 6.92 Å². The van der Waals surface area contributed by atoms with Crippen molar-refractivity contribution in [2.45, 2.75) is 45.6 Å². The Bertz CT molecular complexity index is 386. The van der Waals surface area contributed by atoms with Crippen molar-refractivity contribution in [1.82, 2.24) is 15.5 Å². The van der Waals surface area contributed by atoms with Crippen LogP contribution in [-0.2, 0) is 9.59 Å². The van der Waals surface area contributed by atoms with E-state index in [1.54, 1.807) is 11.8 Å². The normalized spacial score (nSPS) is 19.7. The third-order valence-corrected chi connectivity index (χ3v) is 3.55. The summed E-state index contributed by atoms with van der Waals surface area (Å²) in [5.41, 5.74) is 0. The lowest BCUT2D eigenvalue weighted by Gasteiger charge is -2.32. The number of rotatable bonds is 6. The zero-order valence-electron chi connectivity index (χ0n) is 12.7. The summed E-state index contributed by atoms with van der Waals surface area (Å²) in [6, 6.07) is -0.895. The maximum Gasteiger partial charge on any atom is 0.318 e. The summed E-state index contributed by atoms with van der Waals surface area (Å²) in [6.07, 6.45) is 2.54. The van der Waals surface area contributed by atoms with Crippen molar-refractivity contribution in [3.05, 3.63) is 0 Å². The number of carboxylic acid groups (broad SMARTS) is 1. The molecule has 21 heavy (non-hydrogen) atoms. The second-order valence-corrected chi connectivity index (χ2v) is 5.51. The number of nitrogens with zero attached hydrogens (tertiary/aromatic N) is 1. The molecule has 1 rings (SSSR count). The Kier molecular flexibility index (Phi) is 6.98. The highest BCUT2D eigenvalue weighted by Crippen LogP contribution is 2.19. The highest BCUT2D eigenvalue weighted by molar-refractivity contribution is 5.86. The molecule has 1 fully saturated rings. The second kappa shape index (κ2) is 8.49. The van der Waals surface area contributed by atoms with E-state index in [0.717, 1.165) is 19.3 Å². The Hall–Kier alpha value is -1.79. The molecule has 2 unspecified atom stereocenters. The maximum atomic E-state index is 12.1. The largest absolute Gasteiger partial charge is 0.481 e. The first-order chi connectivity index (χ1) is 9.93. The van der Waals surface area contributed by atoms with Crippen LogP contribution in [-0.4, -0.2) is 53.6 Å². The number of aliphatic carboxylic acids is 1. The Balaban J connectivity index is 2.43. The molecular formula is C14H25N3O4. The van der Waals surface area contributed by atoms with Gasteiger partial charge in [0.05, 0.1) is 0 Å². The number of piperidine rings is 1. The van der Waals surface area contributed by atoms with Crippen molar-refractivity contribution in [1.29, 1.82) is 0 Å². The molecule has 1 aliphatic heterocycles. The van der Waals surface area contributed by atoms with Gasteiger partial charge in [-0.3, -0.25) is 9.59 Å². The molecule has 0 saturated carbocycles. The summed E-state index contributed by atoms with van der Waals surface area (Å²) in [6.45, 7) is 5.22. The molecule has 3 N–H and O–H groups in total. The van der Waals surface area contributed by atoms with E-state index in [1.807, 2.05) is 6.92 Å². The fourth-order valence-corrected chi connectivity index (χ4v) is 2.41. The molecule has 0 spiro atoms. The number of nitrogens with one attached hydrogen (secondary N) is 2. The van der Waals surface area contributed by atoms with Gasteiger partial charge in [-0.2, -0.15) is 0 Å². The van der Waals surface area contributed by atoms with Gasteiger partial charge < -0.3 is 20.6 Å². The van der Waals surface area contributed by atoms with E-state index in [4.69, 9.17) is 5.11 Å². The van der Waals surface area contributed by atoms with E-state index in [2.05, 4.69) is 10.6 Å². The first-order valence-corrected chi connectivity index (χ1v) is 7.49. The predicted octanol–water partition coefficient (Wildman–Crippen LogP) is 0.797. The molecule has 0 radical (unpaired) electrons. The smallest absolute Gasteiger partial charge is 0.318 e. The SMILES string of the molecule is CCCNC(=O)C(C)NC(=O)N1CCCC(CC(=O)O)C1. The van der Waals surface area contributed by atoms with Gasteiger partial charge in [0.2, 0.25) is 5.91 Å². The zero-order chi connectivity index (χ0) is 15.8. The Labute approximate surface area is 125 Å². The number of urea groups is 1. The minimum absolute atomic E-state index is 0.00813. The molecule has 1 aliphatic rings. The molecule has 0 bridgehead atoms. The van der Waals surface area contributed by atoms with Gasteiger partial charge in [-0.15, -0.1) is 0 Å². The molecule has 1 heterocycles. The molecule has 7 nitrogen and oxygen atoms in total. The topological polar surface area (TPSA) is 98.7 Å². The first kappa shape index (κ1) is 17.3. The van der Waals surface area contributed by atoms with Crippen molar-refractivity contribution in [3.63, 3.8) is 0 Å². The van der Waals surface area contributed by atoms with E-state index >= 15 is 0 Å². The van der Waals surface area contributed by atoms with Crippen molar-refractivity contribution in [3.8, 4) is 0 Å². The van der Waals surface area contributed by atoms with Crippen molar-refractivity contribution < 1.29 is 19.5 Å². The Morgan fingerprint density at radius 2 is 2.10 bits per heavy atom. The molecule has 3 amide bonds. The third kappa shape index (κ3) is 6.01. The van der Waals surface area contributed by atoms with Gasteiger partial charge in [-0.05, 0) is 32.1 Å². The van der Waals surface area contributed by atoms with E-state index in [-0.39, 0.29) is 24.3 Å². The summed E-state index contributed by atoms with van der Waals surface area (Å²) in [5.74, 6) is -1.05. The number of carbonyl (C=O) groups excluding carboxylic acids is 2. The van der Waals surface area contributed by atoms with Crippen LogP contribution in [0.3, 0.4) is 0 Å².